The van der Waals surface area contributed by atoms with Crippen molar-refractivity contribution in [2.75, 3.05) is 18.5 Å². The van der Waals surface area contributed by atoms with E-state index < -0.39 is 19.2 Å². The molecule has 0 amide bonds. The quantitative estimate of drug-likeness (QED) is 0.649. The Labute approximate surface area is 140 Å². The fraction of sp³-hybridized carbons (Fsp3) is 0.294. The molecule has 4 nitrogen and oxygen atoms in total. The van der Waals surface area contributed by atoms with Gasteiger partial charge in [-0.25, -0.2) is 8.78 Å². The molecular weight excluding hydrogens is 335 g/mol. The summed E-state index contributed by atoms with van der Waals surface area (Å²) in [5.74, 6) is -1.77. The van der Waals surface area contributed by atoms with E-state index in [0.29, 0.717) is 11.3 Å². The standard InChI is InChI=1S/C17H20F2NO3P/c1-3-22-24(21,23-4-2)17(13-6-5-7-15(19)12-13)20-16-10-8-14(18)9-11-16/h5-12,17,20H,3-4H2,1-2H3. The van der Waals surface area contributed by atoms with E-state index >= 15 is 0 Å². The zero-order chi connectivity index (χ0) is 17.6. The highest BCUT2D eigenvalue weighted by molar-refractivity contribution is 7.54. The summed E-state index contributed by atoms with van der Waals surface area (Å²) in [7, 11) is -3.62. The van der Waals surface area contributed by atoms with Crippen molar-refractivity contribution in [2.24, 2.45) is 0 Å². The molecule has 0 aliphatic carbocycles. The van der Waals surface area contributed by atoms with Gasteiger partial charge < -0.3 is 14.4 Å². The van der Waals surface area contributed by atoms with E-state index in [0.717, 1.165) is 0 Å². The van der Waals surface area contributed by atoms with Gasteiger partial charge in [-0.05, 0) is 55.8 Å². The largest absolute Gasteiger partial charge is 0.368 e. The topological polar surface area (TPSA) is 47.6 Å². The van der Waals surface area contributed by atoms with Crippen molar-refractivity contribution in [2.45, 2.75) is 19.6 Å². The minimum absolute atomic E-state index is 0.175. The normalized spacial score (nSPS) is 12.8. The molecule has 0 saturated carbocycles. The van der Waals surface area contributed by atoms with Gasteiger partial charge in [-0.15, -0.1) is 0 Å². The lowest BCUT2D eigenvalue weighted by Crippen LogP contribution is -2.15. The van der Waals surface area contributed by atoms with Crippen LogP contribution >= 0.6 is 7.60 Å². The zero-order valence-corrected chi connectivity index (χ0v) is 14.4. The summed E-state index contributed by atoms with van der Waals surface area (Å²) in [5, 5.41) is 3.01. The van der Waals surface area contributed by atoms with E-state index in [-0.39, 0.29) is 19.0 Å². The summed E-state index contributed by atoms with van der Waals surface area (Å²) in [5.41, 5.74) is 0.940. The van der Waals surface area contributed by atoms with Gasteiger partial charge in [0.1, 0.15) is 11.6 Å². The van der Waals surface area contributed by atoms with Crippen LogP contribution in [0.5, 0.6) is 0 Å². The minimum atomic E-state index is -3.62. The van der Waals surface area contributed by atoms with E-state index in [1.807, 2.05) is 0 Å². The van der Waals surface area contributed by atoms with Gasteiger partial charge in [0, 0.05) is 5.69 Å². The number of nitrogens with one attached hydrogen (secondary N) is 1. The third-order valence-electron chi connectivity index (χ3n) is 3.25. The van der Waals surface area contributed by atoms with E-state index in [1.165, 1.54) is 42.5 Å². The van der Waals surface area contributed by atoms with Crippen molar-refractivity contribution in [3.05, 3.63) is 65.7 Å². The van der Waals surface area contributed by atoms with Crippen molar-refractivity contribution in [1.82, 2.24) is 0 Å². The summed E-state index contributed by atoms with van der Waals surface area (Å²) >= 11 is 0. The molecule has 0 aliphatic heterocycles. The summed E-state index contributed by atoms with van der Waals surface area (Å²) in [6.07, 6.45) is 0. The van der Waals surface area contributed by atoms with Crippen LogP contribution in [0.15, 0.2) is 48.5 Å². The van der Waals surface area contributed by atoms with Crippen LogP contribution < -0.4 is 5.32 Å². The molecule has 0 fully saturated rings. The first-order valence-electron chi connectivity index (χ1n) is 7.65. The molecular formula is C17H20F2NO3P. The Balaban J connectivity index is 2.43. The number of hydrogen-bond donors (Lipinski definition) is 1. The Kier molecular flexibility index (Phi) is 6.49. The van der Waals surface area contributed by atoms with Gasteiger partial charge in [0.05, 0.1) is 13.2 Å². The van der Waals surface area contributed by atoms with Gasteiger partial charge in [-0.3, -0.25) is 4.57 Å². The predicted octanol–water partition coefficient (Wildman–Crippen LogP) is 5.34. The zero-order valence-electron chi connectivity index (χ0n) is 13.5. The second-order valence-electron chi connectivity index (χ2n) is 4.98. The lowest BCUT2D eigenvalue weighted by atomic mass is 10.2. The minimum Gasteiger partial charge on any atom is -0.368 e. The van der Waals surface area contributed by atoms with Gasteiger partial charge in [0.2, 0.25) is 0 Å². The average molecular weight is 355 g/mol. The van der Waals surface area contributed by atoms with Crippen molar-refractivity contribution in [3.8, 4) is 0 Å². The molecule has 1 unspecified atom stereocenters. The second-order valence-corrected chi connectivity index (χ2v) is 7.10. The molecule has 2 aromatic rings. The molecule has 0 heterocycles. The number of anilines is 1. The van der Waals surface area contributed by atoms with E-state index in [2.05, 4.69) is 5.32 Å². The van der Waals surface area contributed by atoms with Crippen LogP contribution in [0.3, 0.4) is 0 Å². The lowest BCUT2D eigenvalue weighted by molar-refractivity contribution is 0.214. The van der Waals surface area contributed by atoms with Crippen molar-refractivity contribution >= 4 is 13.3 Å². The van der Waals surface area contributed by atoms with Crippen molar-refractivity contribution in [3.63, 3.8) is 0 Å². The van der Waals surface area contributed by atoms with Gasteiger partial charge in [0.15, 0.2) is 5.78 Å². The Morgan fingerprint density at radius 1 is 1.00 bits per heavy atom. The fourth-order valence-corrected chi connectivity index (χ4v) is 4.20. The van der Waals surface area contributed by atoms with Gasteiger partial charge in [-0.1, -0.05) is 12.1 Å². The van der Waals surface area contributed by atoms with Crippen molar-refractivity contribution in [1.29, 1.82) is 0 Å². The molecule has 0 radical (unpaired) electrons. The van der Waals surface area contributed by atoms with Gasteiger partial charge in [0.25, 0.3) is 0 Å². The van der Waals surface area contributed by atoms with Gasteiger partial charge >= 0.3 is 7.60 Å². The molecule has 0 aromatic heterocycles. The molecule has 1 N–H and O–H groups in total. The molecule has 2 rings (SSSR count). The first-order chi connectivity index (χ1) is 11.5. The molecule has 0 saturated heterocycles. The van der Waals surface area contributed by atoms with Crippen molar-refractivity contribution < 1.29 is 22.4 Å². The Morgan fingerprint density at radius 2 is 1.62 bits per heavy atom. The first-order valence-corrected chi connectivity index (χ1v) is 9.26. The van der Waals surface area contributed by atoms with E-state index in [1.54, 1.807) is 19.9 Å². The monoisotopic (exact) mass is 355 g/mol. The molecule has 2 aromatic carbocycles. The van der Waals surface area contributed by atoms with Crippen LogP contribution in [0.4, 0.5) is 14.5 Å². The molecule has 0 bridgehead atoms. The predicted molar refractivity (Wildman–Crippen MR) is 90.0 cm³/mol. The van der Waals surface area contributed by atoms with Crippen LogP contribution in [-0.4, -0.2) is 13.2 Å². The third-order valence-corrected chi connectivity index (χ3v) is 5.54. The molecule has 24 heavy (non-hydrogen) atoms. The maximum Gasteiger partial charge on any atom is 0.357 e. The molecule has 0 spiro atoms. The SMILES string of the molecule is CCOP(=O)(OCC)C(Nc1ccc(F)cc1)c1cccc(F)c1. The highest BCUT2D eigenvalue weighted by atomic mass is 31.2. The first kappa shape index (κ1) is 18.6. The van der Waals surface area contributed by atoms with Crippen LogP contribution in [-0.2, 0) is 13.6 Å². The average Bonchev–Trinajstić information content (AvgIpc) is 2.54. The molecule has 7 heteroatoms. The highest BCUT2D eigenvalue weighted by Crippen LogP contribution is 2.60. The number of rotatable bonds is 8. The maximum absolute atomic E-state index is 13.6. The Morgan fingerprint density at radius 3 is 2.17 bits per heavy atom. The number of halogens is 2. The summed E-state index contributed by atoms with van der Waals surface area (Å²) in [6, 6.07) is 11.3. The van der Waals surface area contributed by atoms with Gasteiger partial charge in [-0.2, -0.15) is 0 Å². The lowest BCUT2D eigenvalue weighted by Gasteiger charge is -2.28. The summed E-state index contributed by atoms with van der Waals surface area (Å²) in [6.45, 7) is 3.75. The maximum atomic E-state index is 13.6. The molecule has 0 aliphatic rings. The Hall–Kier alpha value is -1.75. The number of benzene rings is 2. The highest BCUT2D eigenvalue weighted by Gasteiger charge is 2.37. The number of hydrogen-bond acceptors (Lipinski definition) is 4. The van der Waals surface area contributed by atoms with Crippen LogP contribution in [0.1, 0.15) is 25.2 Å². The third kappa shape index (κ3) is 4.63. The second kappa shape index (κ2) is 8.38. The van der Waals surface area contributed by atoms with Crippen LogP contribution in [0, 0.1) is 11.6 Å². The summed E-state index contributed by atoms with van der Waals surface area (Å²) in [4.78, 5) is 0. The fourth-order valence-electron chi connectivity index (χ4n) is 2.27. The van der Waals surface area contributed by atoms with E-state index in [9.17, 15) is 13.3 Å². The van der Waals surface area contributed by atoms with Crippen LogP contribution in [0.2, 0.25) is 0 Å². The Bertz CT molecular complexity index is 699. The summed E-state index contributed by atoms with van der Waals surface area (Å²) < 4.78 is 50.7. The van der Waals surface area contributed by atoms with Crippen LogP contribution in [0.25, 0.3) is 0 Å². The molecule has 1 atom stereocenters. The smallest absolute Gasteiger partial charge is 0.357 e. The van der Waals surface area contributed by atoms with E-state index in [4.69, 9.17) is 9.05 Å². The molecule has 130 valence electrons.